The molecule has 1 saturated heterocycles. The lowest BCUT2D eigenvalue weighted by Crippen LogP contribution is -2.61. The molecule has 2 aromatic heterocycles. The van der Waals surface area contributed by atoms with Crippen LogP contribution in [-0.2, 0) is 16.6 Å². The Morgan fingerprint density at radius 2 is 1.86 bits per heavy atom. The first-order chi connectivity index (χ1) is 16.3. The van der Waals surface area contributed by atoms with Crippen LogP contribution in [0.1, 0.15) is 75.4 Å². The van der Waals surface area contributed by atoms with E-state index in [-0.39, 0.29) is 17.7 Å². The molecule has 0 atom stereocenters. The van der Waals surface area contributed by atoms with Gasteiger partial charge in [-0.25, -0.2) is 9.97 Å². The topological polar surface area (TPSA) is 109 Å². The number of rotatable bonds is 7. The van der Waals surface area contributed by atoms with Gasteiger partial charge in [0, 0.05) is 36.4 Å². The van der Waals surface area contributed by atoms with Gasteiger partial charge in [0.2, 0.25) is 0 Å². The summed E-state index contributed by atoms with van der Waals surface area (Å²) in [4.78, 5) is 53.0. The Morgan fingerprint density at radius 3 is 2.43 bits per heavy atom. The second kappa shape index (κ2) is 10.2. The number of hydrogen-bond acceptors (Lipinski definition) is 7. The summed E-state index contributed by atoms with van der Waals surface area (Å²) >= 11 is 0. The lowest BCUT2D eigenvalue weighted by atomic mass is 9.80. The third kappa shape index (κ3) is 6.07. The highest BCUT2D eigenvalue weighted by Gasteiger charge is 2.38. The fourth-order valence-electron chi connectivity index (χ4n) is 5.09. The quantitative estimate of drug-likeness (QED) is 0.549. The van der Waals surface area contributed by atoms with Crippen molar-refractivity contribution in [2.24, 2.45) is 11.1 Å². The van der Waals surface area contributed by atoms with Crippen LogP contribution in [0.25, 0.3) is 0 Å². The van der Waals surface area contributed by atoms with Crippen LogP contribution in [0.5, 0.6) is 0 Å². The molecular formula is C26H36N6O3. The number of piperazine rings is 1. The molecule has 9 nitrogen and oxygen atoms in total. The molecule has 0 spiro atoms. The summed E-state index contributed by atoms with van der Waals surface area (Å²) in [6, 6.07) is 3.60. The number of carbonyl (C=O) groups excluding carboxylic acids is 2. The molecule has 0 radical (unpaired) electrons. The highest BCUT2D eigenvalue weighted by molar-refractivity contribution is 5.93. The Bertz CT molecular complexity index is 1090. The molecular weight excluding hydrogens is 444 g/mol. The van der Waals surface area contributed by atoms with Crippen LogP contribution in [0.15, 0.2) is 29.7 Å². The van der Waals surface area contributed by atoms with Crippen LogP contribution in [0.4, 0.5) is 5.82 Å². The summed E-state index contributed by atoms with van der Waals surface area (Å²) in [5.41, 5.74) is 2.10. The lowest BCUT2D eigenvalue weighted by Gasteiger charge is -2.47. The Labute approximate surface area is 207 Å². The number of amides is 2. The molecule has 35 heavy (non-hydrogen) atoms. The van der Waals surface area contributed by atoms with E-state index in [4.69, 9.17) is 4.98 Å². The van der Waals surface area contributed by atoms with Gasteiger partial charge in [0.05, 0.1) is 29.5 Å². The van der Waals surface area contributed by atoms with Gasteiger partial charge in [-0.3, -0.25) is 14.6 Å². The molecule has 0 aliphatic carbocycles. The molecule has 1 fully saturated rings. The molecule has 0 saturated carbocycles. The number of anilines is 1. The second-order valence-electron chi connectivity index (χ2n) is 11.0. The van der Waals surface area contributed by atoms with Crippen molar-refractivity contribution in [3.63, 3.8) is 0 Å². The smallest absolute Gasteiger partial charge is 0.290 e. The average Bonchev–Trinajstić information content (AvgIpc) is 2.77. The zero-order chi connectivity index (χ0) is 26.0. The number of aryl methyl sites for hydroxylation is 1. The molecule has 9 heteroatoms. The summed E-state index contributed by atoms with van der Waals surface area (Å²) < 4.78 is 0. The summed E-state index contributed by atoms with van der Waals surface area (Å²) in [5.74, 6) is 0.422. The maximum atomic E-state index is 13.6. The predicted molar refractivity (Wildman–Crippen MR) is 135 cm³/mol. The zero-order valence-corrected chi connectivity index (χ0v) is 21.8. The largest absolute Gasteiger partial charge is 0.353 e. The van der Waals surface area contributed by atoms with Crippen LogP contribution in [-0.4, -0.2) is 56.8 Å². The first-order valence-electron chi connectivity index (χ1n) is 12.1. The molecule has 0 aromatic carbocycles. The minimum Gasteiger partial charge on any atom is -0.353 e. The van der Waals surface area contributed by atoms with E-state index in [2.05, 4.69) is 47.7 Å². The number of nitrogens with zero attached hydrogens (tertiary/aromatic N) is 6. The van der Waals surface area contributed by atoms with Crippen molar-refractivity contribution in [1.29, 1.82) is 0 Å². The van der Waals surface area contributed by atoms with Gasteiger partial charge in [-0.2, -0.15) is 0 Å². The molecule has 0 bridgehead atoms. The number of pyridine rings is 1. The minimum atomic E-state index is -0.720. The molecule has 3 rings (SSSR count). The second-order valence-corrected chi connectivity index (χ2v) is 11.0. The van der Waals surface area contributed by atoms with Crippen LogP contribution < -0.4 is 4.90 Å². The monoisotopic (exact) mass is 480 g/mol. The molecule has 2 amide bonds. The predicted octanol–water partition coefficient (Wildman–Crippen LogP) is 4.08. The summed E-state index contributed by atoms with van der Waals surface area (Å²) in [6.07, 6.45) is 4.07. The number of aromatic nitrogens is 3. The minimum absolute atomic E-state index is 0.0574. The van der Waals surface area contributed by atoms with Crippen LogP contribution in [0.2, 0.25) is 0 Å². The van der Waals surface area contributed by atoms with Crippen molar-refractivity contribution in [3.8, 4) is 0 Å². The molecule has 1 aliphatic heterocycles. The fraction of sp³-hybridized carbons (Fsp3) is 0.577. The van der Waals surface area contributed by atoms with Crippen molar-refractivity contribution in [2.75, 3.05) is 24.5 Å². The molecule has 1 aliphatic rings. The lowest BCUT2D eigenvalue weighted by molar-refractivity contribution is -0.117. The van der Waals surface area contributed by atoms with E-state index in [1.165, 1.54) is 0 Å². The third-order valence-electron chi connectivity index (χ3n) is 6.47. The summed E-state index contributed by atoms with van der Waals surface area (Å²) in [5, 5.41) is 2.43. The van der Waals surface area contributed by atoms with Gasteiger partial charge in [0.1, 0.15) is 11.5 Å². The van der Waals surface area contributed by atoms with Crippen LogP contribution in [0.3, 0.4) is 0 Å². The number of nitroso groups, excluding NO2 is 1. The first-order valence-corrected chi connectivity index (χ1v) is 12.1. The van der Waals surface area contributed by atoms with Gasteiger partial charge in [-0.15, -0.1) is 4.91 Å². The van der Waals surface area contributed by atoms with Gasteiger partial charge in [0.25, 0.3) is 11.8 Å². The van der Waals surface area contributed by atoms with E-state index in [1.54, 1.807) is 18.5 Å². The average molecular weight is 481 g/mol. The van der Waals surface area contributed by atoms with E-state index >= 15 is 0 Å². The maximum Gasteiger partial charge on any atom is 0.290 e. The maximum absolute atomic E-state index is 13.6. The number of carbonyl (C=O) groups is 2. The van der Waals surface area contributed by atoms with Crippen LogP contribution >= 0.6 is 0 Å². The highest BCUT2D eigenvalue weighted by Crippen LogP contribution is 2.31. The number of hydrogen-bond donors (Lipinski definition) is 0. The van der Waals surface area contributed by atoms with E-state index < -0.39 is 11.4 Å². The fourth-order valence-corrected chi connectivity index (χ4v) is 5.09. The van der Waals surface area contributed by atoms with E-state index in [9.17, 15) is 14.5 Å². The Balaban J connectivity index is 1.77. The third-order valence-corrected chi connectivity index (χ3v) is 6.47. The van der Waals surface area contributed by atoms with E-state index in [1.807, 2.05) is 31.7 Å². The van der Waals surface area contributed by atoms with Gasteiger partial charge < -0.3 is 9.80 Å². The first kappa shape index (κ1) is 26.4. The van der Waals surface area contributed by atoms with Gasteiger partial charge >= 0.3 is 0 Å². The van der Waals surface area contributed by atoms with Crippen molar-refractivity contribution in [2.45, 2.75) is 72.3 Å². The van der Waals surface area contributed by atoms with Crippen molar-refractivity contribution in [1.82, 2.24) is 19.9 Å². The molecule has 3 heterocycles. The summed E-state index contributed by atoms with van der Waals surface area (Å²) in [6.45, 7) is 16.4. The zero-order valence-electron chi connectivity index (χ0n) is 21.8. The van der Waals surface area contributed by atoms with Gasteiger partial charge in [0.15, 0.2) is 0 Å². The standard InChI is InChI=1S/C26H36N6O3/c1-17(2)13-25(4,5)23-18(3)27-15-20(29-23)24(34)32-11-10-31(16-26(32,6)7)21-9-8-19(14-28-21)12-22(33)30-35/h8-9,14-15,17H,10-13,16H2,1-7H3. The van der Waals surface area contributed by atoms with Gasteiger partial charge in [-0.05, 0) is 44.7 Å². The molecule has 2 aromatic rings. The molecule has 0 N–H and O–H groups in total. The van der Waals surface area contributed by atoms with Crippen molar-refractivity contribution >= 4 is 17.6 Å². The summed E-state index contributed by atoms with van der Waals surface area (Å²) in [7, 11) is 0. The molecule has 188 valence electrons. The van der Waals surface area contributed by atoms with Gasteiger partial charge in [-0.1, -0.05) is 33.8 Å². The SMILES string of the molecule is Cc1ncc(C(=O)N2CCN(c3ccc(CC(=O)N=O)cn3)CC2(C)C)nc1C(C)(C)CC(C)C. The highest BCUT2D eigenvalue weighted by atomic mass is 16.3. The van der Waals surface area contributed by atoms with Crippen molar-refractivity contribution < 1.29 is 9.59 Å². The normalized spacial score (nSPS) is 15.9. The Morgan fingerprint density at radius 1 is 1.14 bits per heavy atom. The Hall–Kier alpha value is -3.23. The van der Waals surface area contributed by atoms with E-state index in [0.717, 1.165) is 23.6 Å². The Kier molecular flexibility index (Phi) is 7.67. The molecule has 0 unspecified atom stereocenters. The van der Waals surface area contributed by atoms with Crippen LogP contribution in [0, 0.1) is 17.7 Å². The van der Waals surface area contributed by atoms with Crippen molar-refractivity contribution in [3.05, 3.63) is 52.1 Å². The van der Waals surface area contributed by atoms with E-state index in [0.29, 0.717) is 36.8 Å².